The number of imidazole rings is 1. The number of benzene rings is 2. The first-order chi connectivity index (χ1) is 16.3. The van der Waals surface area contributed by atoms with Gasteiger partial charge in [0.1, 0.15) is 5.82 Å². The van der Waals surface area contributed by atoms with Crippen LogP contribution in [-0.2, 0) is 23.1 Å². The maximum Gasteiger partial charge on any atom is 0.242 e. The molecule has 0 saturated carbocycles. The molecule has 2 unspecified atom stereocenters. The van der Waals surface area contributed by atoms with E-state index >= 15 is 0 Å². The lowest BCUT2D eigenvalue weighted by molar-refractivity contribution is 0.175. The third kappa shape index (κ3) is 4.77. The smallest absolute Gasteiger partial charge is 0.242 e. The fraction of sp³-hybridized carbons (Fsp3) is 0.500. The van der Waals surface area contributed by atoms with Crippen molar-refractivity contribution in [2.75, 3.05) is 33.7 Å². The van der Waals surface area contributed by atoms with Gasteiger partial charge in [-0.25, -0.2) is 17.7 Å². The van der Waals surface area contributed by atoms with Crippen molar-refractivity contribution >= 4 is 21.1 Å². The zero-order valence-electron chi connectivity index (χ0n) is 21.0. The van der Waals surface area contributed by atoms with Crippen molar-refractivity contribution in [3.63, 3.8) is 0 Å². The number of fused-ring (bicyclic) bond motifs is 1. The summed E-state index contributed by atoms with van der Waals surface area (Å²) in [5.41, 5.74) is 3.08. The number of hydrogen-bond acceptors (Lipinski definition) is 5. The monoisotopic (exact) mass is 483 g/mol. The largest absolute Gasteiger partial charge is 0.327 e. The lowest BCUT2D eigenvalue weighted by atomic mass is 10.1. The first kappa shape index (κ1) is 24.9. The predicted molar refractivity (Wildman–Crippen MR) is 137 cm³/mol. The second kappa shape index (κ2) is 10.2. The zero-order valence-corrected chi connectivity index (χ0v) is 21.8. The van der Waals surface area contributed by atoms with Crippen molar-refractivity contribution < 1.29 is 8.42 Å². The van der Waals surface area contributed by atoms with Gasteiger partial charge in [0.05, 0.1) is 22.5 Å². The van der Waals surface area contributed by atoms with Crippen LogP contribution in [-0.4, -0.2) is 71.8 Å². The van der Waals surface area contributed by atoms with Crippen LogP contribution in [0.3, 0.4) is 0 Å². The van der Waals surface area contributed by atoms with Crippen LogP contribution in [0.15, 0.2) is 53.4 Å². The summed E-state index contributed by atoms with van der Waals surface area (Å²) in [6.07, 6.45) is 1.14. The van der Waals surface area contributed by atoms with Gasteiger partial charge in [0.2, 0.25) is 10.0 Å². The van der Waals surface area contributed by atoms with Crippen molar-refractivity contribution in [3.05, 3.63) is 59.9 Å². The van der Waals surface area contributed by atoms with E-state index in [1.165, 1.54) is 9.87 Å². The second-order valence-corrected chi connectivity index (χ2v) is 11.4. The minimum absolute atomic E-state index is 0.283. The lowest BCUT2D eigenvalue weighted by Gasteiger charge is -2.29. The molecular formula is C26H37N5O2S. The Hall–Kier alpha value is -2.26. The summed E-state index contributed by atoms with van der Waals surface area (Å²) < 4.78 is 28.7. The summed E-state index contributed by atoms with van der Waals surface area (Å²) in [6, 6.07) is 16.9. The molecule has 1 aliphatic heterocycles. The lowest BCUT2D eigenvalue weighted by Crippen LogP contribution is -2.38. The molecule has 1 fully saturated rings. The SMILES string of the molecule is CCN(Cc1nc2cc(S(=O)(=O)N(C)C)ccc2n1CC)C1CCN(C(C)c2ccccc2)C1. The van der Waals surface area contributed by atoms with E-state index in [0.717, 1.165) is 56.0 Å². The maximum absolute atomic E-state index is 12.6. The first-order valence-corrected chi connectivity index (χ1v) is 13.6. The topological polar surface area (TPSA) is 61.7 Å². The van der Waals surface area contributed by atoms with Crippen molar-refractivity contribution in [2.24, 2.45) is 0 Å². The summed E-state index contributed by atoms with van der Waals surface area (Å²) in [7, 11) is -0.381. The van der Waals surface area contributed by atoms with E-state index in [1.807, 2.05) is 6.07 Å². The maximum atomic E-state index is 12.6. The molecule has 1 aliphatic rings. The van der Waals surface area contributed by atoms with Gasteiger partial charge in [-0.05, 0) is 50.6 Å². The number of hydrogen-bond donors (Lipinski definition) is 0. The van der Waals surface area contributed by atoms with Crippen LogP contribution in [0.2, 0.25) is 0 Å². The fourth-order valence-electron chi connectivity index (χ4n) is 5.05. The molecule has 0 bridgehead atoms. The molecule has 3 aromatic rings. The Balaban J connectivity index is 1.54. The first-order valence-electron chi connectivity index (χ1n) is 12.2. The van der Waals surface area contributed by atoms with E-state index in [0.29, 0.717) is 12.1 Å². The van der Waals surface area contributed by atoms with Gasteiger partial charge in [-0.2, -0.15) is 0 Å². The van der Waals surface area contributed by atoms with E-state index < -0.39 is 10.0 Å². The van der Waals surface area contributed by atoms with E-state index in [-0.39, 0.29) is 4.90 Å². The molecule has 8 heteroatoms. The van der Waals surface area contributed by atoms with Crippen molar-refractivity contribution in [2.45, 2.75) is 57.3 Å². The molecule has 4 rings (SSSR count). The molecule has 0 radical (unpaired) electrons. The van der Waals surface area contributed by atoms with E-state index in [4.69, 9.17) is 4.98 Å². The Morgan fingerprint density at radius 3 is 2.50 bits per heavy atom. The Morgan fingerprint density at radius 1 is 1.12 bits per heavy atom. The fourth-order valence-corrected chi connectivity index (χ4v) is 5.97. The van der Waals surface area contributed by atoms with Crippen molar-refractivity contribution in [1.82, 2.24) is 23.7 Å². The molecule has 2 heterocycles. The van der Waals surface area contributed by atoms with Crippen LogP contribution in [0.25, 0.3) is 11.0 Å². The van der Waals surface area contributed by atoms with Crippen LogP contribution < -0.4 is 0 Å². The number of likely N-dealkylation sites (tertiary alicyclic amines) is 1. The Kier molecular flexibility index (Phi) is 7.42. The number of sulfonamides is 1. The van der Waals surface area contributed by atoms with Crippen LogP contribution in [0.1, 0.15) is 44.6 Å². The standard InChI is InChI=1S/C26H37N5O2S/c1-6-29(22-15-16-30(18-22)20(3)21-11-9-8-10-12-21)19-26-27-24-17-23(34(32,33)28(4)5)13-14-25(24)31(26)7-2/h8-14,17,20,22H,6-7,15-16,18-19H2,1-5H3. The molecule has 2 aromatic carbocycles. The normalized spacial score (nSPS) is 18.4. The van der Waals surface area contributed by atoms with Gasteiger partial charge in [-0.1, -0.05) is 37.3 Å². The Bertz CT molecular complexity index is 1220. The van der Waals surface area contributed by atoms with Crippen molar-refractivity contribution in [1.29, 1.82) is 0 Å². The van der Waals surface area contributed by atoms with Crippen LogP contribution in [0.5, 0.6) is 0 Å². The molecule has 0 amide bonds. The average molecular weight is 484 g/mol. The number of aromatic nitrogens is 2. The quantitative estimate of drug-likeness (QED) is 0.461. The van der Waals surface area contributed by atoms with Crippen LogP contribution >= 0.6 is 0 Å². The third-order valence-corrected chi connectivity index (χ3v) is 9.00. The van der Waals surface area contributed by atoms with Gasteiger partial charge in [0.15, 0.2) is 0 Å². The highest BCUT2D eigenvalue weighted by Crippen LogP contribution is 2.28. The molecule has 0 spiro atoms. The summed E-state index contributed by atoms with van der Waals surface area (Å²) in [5, 5.41) is 0. The number of aryl methyl sites for hydroxylation is 1. The minimum atomic E-state index is -3.49. The summed E-state index contributed by atoms with van der Waals surface area (Å²) in [5.74, 6) is 0.994. The van der Waals surface area contributed by atoms with E-state index in [2.05, 4.69) is 65.5 Å². The van der Waals surface area contributed by atoms with Gasteiger partial charge in [0.25, 0.3) is 0 Å². The molecule has 0 aliphatic carbocycles. The molecule has 34 heavy (non-hydrogen) atoms. The average Bonchev–Trinajstić information content (AvgIpc) is 3.46. The predicted octanol–water partition coefficient (Wildman–Crippen LogP) is 3.96. The van der Waals surface area contributed by atoms with E-state index in [1.54, 1.807) is 26.2 Å². The zero-order chi connectivity index (χ0) is 24.5. The molecule has 184 valence electrons. The Morgan fingerprint density at radius 2 is 1.85 bits per heavy atom. The van der Waals surface area contributed by atoms with Crippen molar-refractivity contribution in [3.8, 4) is 0 Å². The molecule has 2 atom stereocenters. The van der Waals surface area contributed by atoms with Gasteiger partial charge < -0.3 is 4.57 Å². The third-order valence-electron chi connectivity index (χ3n) is 7.19. The van der Waals surface area contributed by atoms with Gasteiger partial charge in [-0.15, -0.1) is 0 Å². The minimum Gasteiger partial charge on any atom is -0.327 e. The van der Waals surface area contributed by atoms with Crippen LogP contribution in [0, 0.1) is 0 Å². The highest BCUT2D eigenvalue weighted by molar-refractivity contribution is 7.89. The summed E-state index contributed by atoms with van der Waals surface area (Å²) >= 11 is 0. The Labute approximate surface area is 204 Å². The molecule has 1 aromatic heterocycles. The van der Waals surface area contributed by atoms with Gasteiger partial charge >= 0.3 is 0 Å². The summed E-state index contributed by atoms with van der Waals surface area (Å²) in [4.78, 5) is 10.3. The van der Waals surface area contributed by atoms with Crippen LogP contribution in [0.4, 0.5) is 0 Å². The number of rotatable bonds is 9. The van der Waals surface area contributed by atoms with Gasteiger partial charge in [0, 0.05) is 45.8 Å². The number of nitrogens with zero attached hydrogens (tertiary/aromatic N) is 5. The van der Waals surface area contributed by atoms with Gasteiger partial charge in [-0.3, -0.25) is 9.80 Å². The number of likely N-dealkylation sites (N-methyl/N-ethyl adjacent to an activating group) is 1. The molecular weight excluding hydrogens is 446 g/mol. The highest BCUT2D eigenvalue weighted by Gasteiger charge is 2.31. The molecule has 7 nitrogen and oxygen atoms in total. The highest BCUT2D eigenvalue weighted by atomic mass is 32.2. The van der Waals surface area contributed by atoms with E-state index in [9.17, 15) is 8.42 Å². The molecule has 0 N–H and O–H groups in total. The second-order valence-electron chi connectivity index (χ2n) is 9.30. The molecule has 1 saturated heterocycles. The summed E-state index contributed by atoms with van der Waals surface area (Å²) in [6.45, 7) is 11.3.